The third-order valence-electron chi connectivity index (χ3n) is 8.46. The number of aliphatic hydroxyl groups is 3. The van der Waals surface area contributed by atoms with Gasteiger partial charge in [-0.2, -0.15) is 0 Å². The lowest BCUT2D eigenvalue weighted by Crippen LogP contribution is -2.38. The van der Waals surface area contributed by atoms with E-state index in [1.54, 1.807) is 25.1 Å². The topological polar surface area (TPSA) is 122 Å². The van der Waals surface area contributed by atoms with E-state index in [2.05, 4.69) is 24.1 Å². The summed E-state index contributed by atoms with van der Waals surface area (Å²) in [5.41, 5.74) is 2.52. The van der Waals surface area contributed by atoms with Gasteiger partial charge < -0.3 is 35.6 Å². The summed E-state index contributed by atoms with van der Waals surface area (Å²) in [6, 6.07) is 14.7. The van der Waals surface area contributed by atoms with Crippen molar-refractivity contribution in [2.75, 3.05) is 13.7 Å². The number of hydrogen-bond donors (Lipinski definition) is 6. The van der Waals surface area contributed by atoms with E-state index in [-0.39, 0.29) is 29.4 Å². The molecule has 0 heterocycles. The summed E-state index contributed by atoms with van der Waals surface area (Å²) >= 11 is 0. The van der Waals surface area contributed by atoms with Gasteiger partial charge in [-0.15, -0.1) is 5.92 Å². The Morgan fingerprint density at radius 3 is 2.52 bits per heavy atom. The Kier molecular flexibility index (Phi) is 11.1. The highest BCUT2D eigenvalue weighted by Crippen LogP contribution is 2.42. The smallest absolute Gasteiger partial charge is 0.168 e. The van der Waals surface area contributed by atoms with Gasteiger partial charge in [0, 0.05) is 36.4 Å². The Hall–Kier alpha value is -3.28. The molecule has 0 saturated heterocycles. The van der Waals surface area contributed by atoms with Crippen LogP contribution in [0.3, 0.4) is 0 Å². The molecule has 4 rings (SSSR count). The molecule has 0 fully saturated rings. The van der Waals surface area contributed by atoms with Gasteiger partial charge in [-0.05, 0) is 91.6 Å². The molecule has 0 bridgehead atoms. The predicted molar refractivity (Wildman–Crippen MR) is 167 cm³/mol. The molecule has 226 valence electrons. The van der Waals surface area contributed by atoms with E-state index in [0.29, 0.717) is 38.0 Å². The maximum atomic E-state index is 11.4. The largest absolute Gasteiger partial charge is 0.508 e. The fourth-order valence-corrected chi connectivity index (χ4v) is 6.00. The van der Waals surface area contributed by atoms with Crippen molar-refractivity contribution in [3.05, 3.63) is 54.1 Å². The SMILES string of the molecule is CCC1C#CCC(C(O)CCc2ccc(O)c(OC)c2-c2ccc3cc(O)ccc3c2)C(O)CCC(NCC(C)O)C1. The number of aliphatic hydroxyl groups excluding tert-OH is 3. The number of phenols is 2. The van der Waals surface area contributed by atoms with Crippen LogP contribution < -0.4 is 10.1 Å². The highest BCUT2D eigenvalue weighted by Gasteiger charge is 2.29. The van der Waals surface area contributed by atoms with Crippen LogP contribution in [0.4, 0.5) is 0 Å². The highest BCUT2D eigenvalue weighted by atomic mass is 16.5. The molecule has 0 radical (unpaired) electrons. The van der Waals surface area contributed by atoms with Crippen molar-refractivity contribution in [3.63, 3.8) is 0 Å². The molecule has 0 aromatic heterocycles. The highest BCUT2D eigenvalue weighted by molar-refractivity contribution is 5.90. The standard InChI is InChI=1S/C35H45NO6/c1-4-23-6-5-7-30(32(40)17-13-28(18-23)36-21-22(2)37)31(39)15-11-24-12-16-33(41)35(42-3)34(24)27-9-8-26-20-29(38)14-10-25(26)19-27/h8-10,12,14,16,19-20,22-23,28,30-32,36-41H,4,7,11,13,15,17-18,21H2,1-3H3. The third kappa shape index (κ3) is 7.96. The van der Waals surface area contributed by atoms with E-state index in [1.165, 1.54) is 7.11 Å². The predicted octanol–water partition coefficient (Wildman–Crippen LogP) is 5.14. The van der Waals surface area contributed by atoms with Crippen LogP contribution in [0.1, 0.15) is 57.9 Å². The molecule has 0 saturated carbocycles. The molecule has 6 unspecified atom stereocenters. The molecule has 0 amide bonds. The van der Waals surface area contributed by atoms with Crippen molar-refractivity contribution in [2.24, 2.45) is 11.8 Å². The van der Waals surface area contributed by atoms with Crippen LogP contribution in [0.25, 0.3) is 21.9 Å². The minimum absolute atomic E-state index is 0.0323. The minimum atomic E-state index is -0.773. The number of hydrogen-bond acceptors (Lipinski definition) is 7. The van der Waals surface area contributed by atoms with Crippen LogP contribution in [0.5, 0.6) is 17.2 Å². The van der Waals surface area contributed by atoms with Crippen LogP contribution >= 0.6 is 0 Å². The van der Waals surface area contributed by atoms with Gasteiger partial charge in [-0.1, -0.05) is 37.1 Å². The van der Waals surface area contributed by atoms with Crippen molar-refractivity contribution < 1.29 is 30.3 Å². The lowest BCUT2D eigenvalue weighted by molar-refractivity contribution is 0.00430. The Labute approximate surface area is 249 Å². The quantitative estimate of drug-likeness (QED) is 0.185. The number of aryl methyl sites for hydroxylation is 1. The number of benzene rings is 3. The van der Waals surface area contributed by atoms with E-state index in [0.717, 1.165) is 46.7 Å². The lowest BCUT2D eigenvalue weighted by Gasteiger charge is -2.30. The van der Waals surface area contributed by atoms with E-state index >= 15 is 0 Å². The van der Waals surface area contributed by atoms with E-state index in [9.17, 15) is 25.5 Å². The van der Waals surface area contributed by atoms with Crippen molar-refractivity contribution in [1.82, 2.24) is 5.32 Å². The fourth-order valence-electron chi connectivity index (χ4n) is 6.00. The first-order valence-corrected chi connectivity index (χ1v) is 15.1. The molecule has 1 aliphatic carbocycles. The second kappa shape index (κ2) is 14.8. The zero-order chi connectivity index (χ0) is 30.2. The number of aromatic hydroxyl groups is 2. The fraction of sp³-hybridized carbons (Fsp3) is 0.486. The zero-order valence-corrected chi connectivity index (χ0v) is 24.9. The number of methoxy groups -OCH3 is 1. The van der Waals surface area contributed by atoms with Gasteiger partial charge >= 0.3 is 0 Å². The Morgan fingerprint density at radius 2 is 1.79 bits per heavy atom. The number of phenolic OH excluding ortho intramolecular Hbond substituents is 2. The molecule has 7 nitrogen and oxygen atoms in total. The first kappa shape index (κ1) is 31.7. The maximum absolute atomic E-state index is 11.4. The molecule has 7 heteroatoms. The molecule has 3 aromatic rings. The van der Waals surface area contributed by atoms with E-state index in [4.69, 9.17) is 4.74 Å². The molecule has 6 N–H and O–H groups in total. The van der Waals surface area contributed by atoms with Crippen molar-refractivity contribution in [2.45, 2.75) is 83.1 Å². The van der Waals surface area contributed by atoms with E-state index in [1.807, 2.05) is 30.3 Å². The van der Waals surface area contributed by atoms with E-state index < -0.39 is 18.3 Å². The monoisotopic (exact) mass is 575 g/mol. The summed E-state index contributed by atoms with van der Waals surface area (Å²) in [4.78, 5) is 0. The molecule has 42 heavy (non-hydrogen) atoms. The number of fused-ring (bicyclic) bond motifs is 1. The molecule has 0 spiro atoms. The van der Waals surface area contributed by atoms with Gasteiger partial charge in [0.1, 0.15) is 5.75 Å². The molecule has 0 aliphatic heterocycles. The second-order valence-corrected chi connectivity index (χ2v) is 11.6. The van der Waals surface area contributed by atoms with Crippen molar-refractivity contribution in [1.29, 1.82) is 0 Å². The number of rotatable bonds is 10. The normalized spacial score (nSPS) is 22.6. The Bertz CT molecular complexity index is 1390. The average molecular weight is 576 g/mol. The number of ether oxygens (including phenoxy) is 1. The zero-order valence-electron chi connectivity index (χ0n) is 24.9. The first-order chi connectivity index (χ1) is 20.2. The summed E-state index contributed by atoms with van der Waals surface area (Å²) < 4.78 is 5.63. The second-order valence-electron chi connectivity index (χ2n) is 11.6. The van der Waals surface area contributed by atoms with Gasteiger partial charge in [-0.3, -0.25) is 0 Å². The summed E-state index contributed by atoms with van der Waals surface area (Å²) in [5, 5.41) is 58.0. The Balaban J connectivity index is 1.55. The van der Waals surface area contributed by atoms with Crippen LogP contribution in [0.2, 0.25) is 0 Å². The third-order valence-corrected chi connectivity index (χ3v) is 8.46. The summed E-state index contributed by atoms with van der Waals surface area (Å²) in [6.45, 7) is 4.38. The molecule has 3 aromatic carbocycles. The van der Waals surface area contributed by atoms with Crippen molar-refractivity contribution >= 4 is 10.8 Å². The lowest BCUT2D eigenvalue weighted by atomic mass is 9.83. The van der Waals surface area contributed by atoms with Crippen molar-refractivity contribution in [3.8, 4) is 40.2 Å². The average Bonchev–Trinajstić information content (AvgIpc) is 2.98. The maximum Gasteiger partial charge on any atom is 0.168 e. The van der Waals surface area contributed by atoms with Crippen LogP contribution in [-0.2, 0) is 6.42 Å². The first-order valence-electron chi connectivity index (χ1n) is 15.1. The van der Waals surface area contributed by atoms with Gasteiger partial charge in [0.25, 0.3) is 0 Å². The van der Waals surface area contributed by atoms with Gasteiger partial charge in [-0.25, -0.2) is 0 Å². The molecular weight excluding hydrogens is 530 g/mol. The molecule has 1 aliphatic rings. The summed E-state index contributed by atoms with van der Waals surface area (Å²) in [7, 11) is 1.53. The summed E-state index contributed by atoms with van der Waals surface area (Å²) in [5.74, 6) is 7.07. The summed E-state index contributed by atoms with van der Waals surface area (Å²) in [6.07, 6.45) is 2.51. The molecular formula is C35H45NO6. The van der Waals surface area contributed by atoms with Gasteiger partial charge in [0.05, 0.1) is 25.4 Å². The van der Waals surface area contributed by atoms with Gasteiger partial charge in [0.15, 0.2) is 11.5 Å². The minimum Gasteiger partial charge on any atom is -0.508 e. The Morgan fingerprint density at radius 1 is 1.02 bits per heavy atom. The molecule has 6 atom stereocenters. The van der Waals surface area contributed by atoms with Gasteiger partial charge in [0.2, 0.25) is 0 Å². The van der Waals surface area contributed by atoms with Crippen LogP contribution in [-0.4, -0.2) is 63.5 Å². The van der Waals surface area contributed by atoms with Crippen LogP contribution in [0, 0.1) is 23.7 Å². The van der Waals surface area contributed by atoms with Crippen LogP contribution in [0.15, 0.2) is 48.5 Å². The number of nitrogens with one attached hydrogen (secondary N) is 1.